The van der Waals surface area contributed by atoms with Gasteiger partial charge in [0.15, 0.2) is 0 Å². The van der Waals surface area contributed by atoms with Crippen molar-refractivity contribution in [2.45, 2.75) is 45.7 Å². The van der Waals surface area contributed by atoms with Crippen molar-refractivity contribution in [2.75, 3.05) is 0 Å². The highest BCUT2D eigenvalue weighted by molar-refractivity contribution is 5.84. The standard InChI is InChI=1S/C14H18N2O/c1-10(2)16-8-6-11-12(14(16)17)9-15-7-4-3-5-13(11)15/h6,8-10H,3-5,7H2,1-2H3. The molecule has 0 aromatic carbocycles. The molecule has 0 saturated carbocycles. The second-order valence-corrected chi connectivity index (χ2v) is 5.18. The third-order valence-electron chi connectivity index (χ3n) is 3.72. The first-order valence-electron chi connectivity index (χ1n) is 6.41. The Morgan fingerprint density at radius 3 is 2.82 bits per heavy atom. The van der Waals surface area contributed by atoms with Crippen LogP contribution in [-0.4, -0.2) is 9.13 Å². The summed E-state index contributed by atoms with van der Waals surface area (Å²) < 4.78 is 4.08. The molecule has 0 N–H and O–H groups in total. The van der Waals surface area contributed by atoms with Gasteiger partial charge in [0, 0.05) is 36.1 Å². The molecule has 3 heterocycles. The number of aryl methyl sites for hydroxylation is 2. The van der Waals surface area contributed by atoms with Crippen LogP contribution in [0, 0.1) is 0 Å². The van der Waals surface area contributed by atoms with Crippen molar-refractivity contribution < 1.29 is 0 Å². The molecule has 0 saturated heterocycles. The van der Waals surface area contributed by atoms with Crippen LogP contribution in [0.1, 0.15) is 38.4 Å². The Hall–Kier alpha value is -1.51. The summed E-state index contributed by atoms with van der Waals surface area (Å²) in [4.78, 5) is 12.3. The average Bonchev–Trinajstić information content (AvgIpc) is 2.69. The van der Waals surface area contributed by atoms with Gasteiger partial charge in [-0.25, -0.2) is 0 Å². The smallest absolute Gasteiger partial charge is 0.260 e. The van der Waals surface area contributed by atoms with E-state index in [-0.39, 0.29) is 11.6 Å². The van der Waals surface area contributed by atoms with Crippen molar-refractivity contribution in [2.24, 2.45) is 0 Å². The Balaban J connectivity index is 2.31. The highest BCUT2D eigenvalue weighted by atomic mass is 16.1. The summed E-state index contributed by atoms with van der Waals surface area (Å²) in [6.07, 6.45) is 7.56. The van der Waals surface area contributed by atoms with E-state index in [0.717, 1.165) is 23.7 Å². The van der Waals surface area contributed by atoms with E-state index in [0.29, 0.717) is 0 Å². The van der Waals surface area contributed by atoms with Crippen LogP contribution in [0.4, 0.5) is 0 Å². The van der Waals surface area contributed by atoms with E-state index in [1.807, 2.05) is 30.8 Å². The molecule has 0 spiro atoms. The average molecular weight is 230 g/mol. The number of fused-ring (bicyclic) bond motifs is 3. The first-order chi connectivity index (χ1) is 8.18. The van der Waals surface area contributed by atoms with Crippen molar-refractivity contribution in [1.82, 2.24) is 9.13 Å². The van der Waals surface area contributed by atoms with Crippen LogP contribution in [0.2, 0.25) is 0 Å². The number of rotatable bonds is 1. The summed E-state index contributed by atoms with van der Waals surface area (Å²) >= 11 is 0. The van der Waals surface area contributed by atoms with Gasteiger partial charge in [-0.2, -0.15) is 0 Å². The first-order valence-corrected chi connectivity index (χ1v) is 6.41. The minimum absolute atomic E-state index is 0.152. The quantitative estimate of drug-likeness (QED) is 0.740. The SMILES string of the molecule is CC(C)n1ccc2c3n(cc2c1=O)CCCC3. The van der Waals surface area contributed by atoms with Crippen LogP contribution >= 0.6 is 0 Å². The topological polar surface area (TPSA) is 26.9 Å². The Morgan fingerprint density at radius 1 is 1.24 bits per heavy atom. The van der Waals surface area contributed by atoms with Crippen molar-refractivity contribution in [3.8, 4) is 0 Å². The van der Waals surface area contributed by atoms with E-state index in [9.17, 15) is 4.79 Å². The van der Waals surface area contributed by atoms with Gasteiger partial charge in [0.05, 0.1) is 5.39 Å². The van der Waals surface area contributed by atoms with Crippen LogP contribution in [-0.2, 0) is 13.0 Å². The number of hydrogen-bond donors (Lipinski definition) is 0. The zero-order valence-corrected chi connectivity index (χ0v) is 10.4. The van der Waals surface area contributed by atoms with Gasteiger partial charge in [-0.15, -0.1) is 0 Å². The highest BCUT2D eigenvalue weighted by Gasteiger charge is 2.16. The molecule has 0 radical (unpaired) electrons. The number of pyridine rings is 1. The molecule has 0 fully saturated rings. The molecular weight excluding hydrogens is 212 g/mol. The zero-order chi connectivity index (χ0) is 12.0. The molecule has 1 aliphatic heterocycles. The van der Waals surface area contributed by atoms with E-state index in [4.69, 9.17) is 0 Å². The van der Waals surface area contributed by atoms with E-state index in [1.165, 1.54) is 18.5 Å². The Bertz CT molecular complexity index is 619. The Morgan fingerprint density at radius 2 is 2.06 bits per heavy atom. The number of hydrogen-bond acceptors (Lipinski definition) is 1. The van der Waals surface area contributed by atoms with Crippen molar-refractivity contribution in [1.29, 1.82) is 0 Å². The molecule has 3 heteroatoms. The second-order valence-electron chi connectivity index (χ2n) is 5.18. The number of nitrogens with zero attached hydrogens (tertiary/aromatic N) is 2. The van der Waals surface area contributed by atoms with Crippen molar-refractivity contribution in [3.63, 3.8) is 0 Å². The van der Waals surface area contributed by atoms with Crippen molar-refractivity contribution in [3.05, 3.63) is 34.5 Å². The molecule has 2 aromatic rings. The minimum Gasteiger partial charge on any atom is -0.350 e. The summed E-state index contributed by atoms with van der Waals surface area (Å²) in [6, 6.07) is 2.33. The Kier molecular flexibility index (Phi) is 2.35. The van der Waals surface area contributed by atoms with Gasteiger partial charge in [-0.1, -0.05) is 0 Å². The Labute approximate surface area is 101 Å². The summed E-state index contributed by atoms with van der Waals surface area (Å²) in [5, 5.41) is 2.05. The summed E-state index contributed by atoms with van der Waals surface area (Å²) in [5.41, 5.74) is 1.50. The summed E-state index contributed by atoms with van der Waals surface area (Å²) in [7, 11) is 0. The molecule has 3 rings (SSSR count). The van der Waals surface area contributed by atoms with Gasteiger partial charge in [0.1, 0.15) is 0 Å². The van der Waals surface area contributed by atoms with Crippen LogP contribution in [0.5, 0.6) is 0 Å². The predicted octanol–water partition coefficient (Wildman–Crippen LogP) is 2.72. The second kappa shape index (κ2) is 3.76. The largest absolute Gasteiger partial charge is 0.350 e. The van der Waals surface area contributed by atoms with Crippen LogP contribution in [0.15, 0.2) is 23.3 Å². The number of aromatic nitrogens is 2. The molecule has 0 unspecified atom stereocenters. The fraction of sp³-hybridized carbons (Fsp3) is 0.500. The molecule has 0 atom stereocenters. The molecule has 0 bridgehead atoms. The van der Waals surface area contributed by atoms with Crippen LogP contribution < -0.4 is 5.56 Å². The highest BCUT2D eigenvalue weighted by Crippen LogP contribution is 2.24. The van der Waals surface area contributed by atoms with Gasteiger partial charge in [-0.05, 0) is 39.2 Å². The fourth-order valence-electron chi connectivity index (χ4n) is 2.79. The summed E-state index contributed by atoms with van der Waals surface area (Å²) in [6.45, 7) is 5.15. The lowest BCUT2D eigenvalue weighted by Crippen LogP contribution is -2.20. The normalized spacial score (nSPS) is 15.5. The van der Waals surface area contributed by atoms with E-state index >= 15 is 0 Å². The molecule has 17 heavy (non-hydrogen) atoms. The van der Waals surface area contributed by atoms with Crippen molar-refractivity contribution >= 4 is 10.8 Å². The van der Waals surface area contributed by atoms with Gasteiger partial charge < -0.3 is 9.13 Å². The third kappa shape index (κ3) is 1.53. The van der Waals surface area contributed by atoms with E-state index in [1.54, 1.807) is 0 Å². The van der Waals surface area contributed by atoms with Gasteiger partial charge >= 0.3 is 0 Å². The maximum atomic E-state index is 12.3. The maximum Gasteiger partial charge on any atom is 0.260 e. The lowest BCUT2D eigenvalue weighted by Gasteiger charge is -2.14. The van der Waals surface area contributed by atoms with E-state index < -0.39 is 0 Å². The minimum atomic E-state index is 0.152. The zero-order valence-electron chi connectivity index (χ0n) is 10.4. The fourth-order valence-corrected chi connectivity index (χ4v) is 2.79. The summed E-state index contributed by atoms with van der Waals surface area (Å²) in [5.74, 6) is 0. The predicted molar refractivity (Wildman–Crippen MR) is 69.5 cm³/mol. The third-order valence-corrected chi connectivity index (χ3v) is 3.72. The molecule has 2 aromatic heterocycles. The molecule has 1 aliphatic rings. The molecule has 0 amide bonds. The maximum absolute atomic E-state index is 12.3. The van der Waals surface area contributed by atoms with Crippen LogP contribution in [0.3, 0.4) is 0 Å². The van der Waals surface area contributed by atoms with Gasteiger partial charge in [0.2, 0.25) is 0 Å². The lowest BCUT2D eigenvalue weighted by atomic mass is 10.1. The molecule has 0 aliphatic carbocycles. The van der Waals surface area contributed by atoms with Gasteiger partial charge in [0.25, 0.3) is 5.56 Å². The molecular formula is C14H18N2O. The molecule has 3 nitrogen and oxygen atoms in total. The monoisotopic (exact) mass is 230 g/mol. The lowest BCUT2D eigenvalue weighted by molar-refractivity contribution is 0.536. The first kappa shape index (κ1) is 10.6. The molecule has 90 valence electrons. The van der Waals surface area contributed by atoms with E-state index in [2.05, 4.69) is 10.6 Å². The van der Waals surface area contributed by atoms with Gasteiger partial charge in [-0.3, -0.25) is 4.79 Å². The van der Waals surface area contributed by atoms with Crippen LogP contribution in [0.25, 0.3) is 10.8 Å².